The number of hydrogen-bond donors (Lipinski definition) is 1. The van der Waals surface area contributed by atoms with Crippen molar-refractivity contribution in [1.82, 2.24) is 19.3 Å². The van der Waals surface area contributed by atoms with E-state index in [0.717, 1.165) is 28.5 Å². The molecule has 0 aliphatic carbocycles. The molecule has 3 heterocycles. The summed E-state index contributed by atoms with van der Waals surface area (Å²) in [5, 5.41) is 9.20. The van der Waals surface area contributed by atoms with Crippen molar-refractivity contribution in [3.63, 3.8) is 0 Å². The van der Waals surface area contributed by atoms with Crippen molar-refractivity contribution in [3.8, 4) is 0 Å². The number of aryl methyl sites for hydroxylation is 1. The van der Waals surface area contributed by atoms with Gasteiger partial charge in [0.1, 0.15) is 0 Å². The number of pyridine rings is 1. The van der Waals surface area contributed by atoms with Crippen molar-refractivity contribution in [1.29, 1.82) is 0 Å². The number of amides is 1. The number of benzene rings is 1. The van der Waals surface area contributed by atoms with E-state index in [4.69, 9.17) is 0 Å². The van der Waals surface area contributed by atoms with Crippen LogP contribution in [0.4, 0.5) is 5.69 Å². The molecule has 0 aliphatic rings. The molecule has 0 bridgehead atoms. The third-order valence-corrected chi connectivity index (χ3v) is 4.55. The Morgan fingerprint density at radius 2 is 2.04 bits per heavy atom. The van der Waals surface area contributed by atoms with E-state index in [2.05, 4.69) is 40.7 Å². The van der Waals surface area contributed by atoms with Gasteiger partial charge in [-0.25, -0.2) is 9.67 Å². The van der Waals surface area contributed by atoms with Crippen molar-refractivity contribution >= 4 is 33.5 Å². The molecule has 132 valence electrons. The average Bonchev–Trinajstić information content (AvgIpc) is 3.22. The predicted molar refractivity (Wildman–Crippen MR) is 103 cm³/mol. The van der Waals surface area contributed by atoms with Crippen LogP contribution in [0.5, 0.6) is 0 Å². The molecule has 4 rings (SSSR count). The highest BCUT2D eigenvalue weighted by Gasteiger charge is 2.15. The van der Waals surface area contributed by atoms with E-state index in [1.807, 2.05) is 41.2 Å². The molecule has 6 heteroatoms. The first kappa shape index (κ1) is 16.3. The van der Waals surface area contributed by atoms with Gasteiger partial charge in [-0.15, -0.1) is 0 Å². The van der Waals surface area contributed by atoms with Crippen LogP contribution in [-0.4, -0.2) is 25.2 Å². The summed E-state index contributed by atoms with van der Waals surface area (Å²) in [4.78, 5) is 17.3. The number of carbonyl (C=O) groups is 1. The average molecular weight is 347 g/mol. The molecule has 0 fully saturated rings. The third-order valence-electron chi connectivity index (χ3n) is 4.55. The Labute approximate surface area is 151 Å². The van der Waals surface area contributed by atoms with Gasteiger partial charge < -0.3 is 9.88 Å². The smallest absolute Gasteiger partial charge is 0.257 e. The van der Waals surface area contributed by atoms with Crippen LogP contribution in [0.2, 0.25) is 0 Å². The third kappa shape index (κ3) is 2.63. The number of rotatable bonds is 4. The van der Waals surface area contributed by atoms with Gasteiger partial charge in [-0.2, -0.15) is 5.10 Å². The zero-order chi connectivity index (χ0) is 18.3. The predicted octanol–water partition coefficient (Wildman–Crippen LogP) is 4.24. The van der Waals surface area contributed by atoms with Crippen LogP contribution in [0.15, 0.2) is 48.9 Å². The molecule has 1 N–H and O–H groups in total. The molecule has 0 radical (unpaired) electrons. The number of hydrogen-bond acceptors (Lipinski definition) is 3. The quantitative estimate of drug-likeness (QED) is 0.600. The zero-order valence-corrected chi connectivity index (χ0v) is 15.1. The van der Waals surface area contributed by atoms with Crippen LogP contribution in [0, 0.1) is 0 Å². The molecule has 0 saturated carbocycles. The fourth-order valence-corrected chi connectivity index (χ4v) is 3.27. The highest BCUT2D eigenvalue weighted by atomic mass is 16.1. The van der Waals surface area contributed by atoms with Crippen LogP contribution in [0.3, 0.4) is 0 Å². The Morgan fingerprint density at radius 1 is 1.23 bits per heavy atom. The minimum Gasteiger partial charge on any atom is -0.347 e. The summed E-state index contributed by atoms with van der Waals surface area (Å²) in [5.74, 6) is -0.134. The van der Waals surface area contributed by atoms with Crippen molar-refractivity contribution < 1.29 is 4.79 Å². The molecule has 3 aromatic heterocycles. The number of fused-ring (bicyclic) bond motifs is 2. The summed E-state index contributed by atoms with van der Waals surface area (Å²) in [6, 6.07) is 10.1. The van der Waals surface area contributed by atoms with E-state index in [1.165, 1.54) is 0 Å². The fraction of sp³-hybridized carbons (Fsp3) is 0.250. The Balaban J connectivity index is 1.67. The second kappa shape index (κ2) is 6.29. The number of nitrogens with zero attached hydrogens (tertiary/aromatic N) is 4. The zero-order valence-electron chi connectivity index (χ0n) is 15.1. The summed E-state index contributed by atoms with van der Waals surface area (Å²) < 4.78 is 3.95. The highest BCUT2D eigenvalue weighted by Crippen LogP contribution is 2.24. The lowest BCUT2D eigenvalue weighted by Crippen LogP contribution is -2.12. The monoisotopic (exact) mass is 347 g/mol. The molecule has 0 saturated heterocycles. The lowest BCUT2D eigenvalue weighted by Gasteiger charge is -2.07. The highest BCUT2D eigenvalue weighted by molar-refractivity contribution is 6.13. The molecular formula is C20H21N5O. The van der Waals surface area contributed by atoms with Gasteiger partial charge in [0.25, 0.3) is 5.91 Å². The second-order valence-corrected chi connectivity index (χ2v) is 6.62. The van der Waals surface area contributed by atoms with Gasteiger partial charge in [0.2, 0.25) is 0 Å². The summed E-state index contributed by atoms with van der Waals surface area (Å²) in [5.41, 5.74) is 3.21. The minimum atomic E-state index is -0.134. The second-order valence-electron chi connectivity index (χ2n) is 6.62. The van der Waals surface area contributed by atoms with Crippen LogP contribution in [-0.2, 0) is 6.54 Å². The Kier molecular flexibility index (Phi) is 3.95. The first-order valence-corrected chi connectivity index (χ1v) is 8.81. The number of nitrogens with one attached hydrogen (secondary N) is 1. The van der Waals surface area contributed by atoms with Gasteiger partial charge in [-0.1, -0.05) is 18.2 Å². The molecule has 1 aromatic carbocycles. The molecule has 0 spiro atoms. The first-order chi connectivity index (χ1) is 12.6. The van der Waals surface area contributed by atoms with Crippen LogP contribution in [0.25, 0.3) is 21.9 Å². The Morgan fingerprint density at radius 3 is 2.81 bits per heavy atom. The molecule has 0 unspecified atom stereocenters. The fourth-order valence-electron chi connectivity index (χ4n) is 3.27. The minimum absolute atomic E-state index is 0.134. The van der Waals surface area contributed by atoms with Gasteiger partial charge in [-0.3, -0.25) is 4.79 Å². The SMILES string of the molecule is CCn1cc(C(=O)Nc2cnc3c(cnn3C(C)C)c2)c2ccccc21. The maximum Gasteiger partial charge on any atom is 0.257 e. The maximum absolute atomic E-state index is 12.8. The summed E-state index contributed by atoms with van der Waals surface area (Å²) in [6.45, 7) is 7.01. The van der Waals surface area contributed by atoms with E-state index in [0.29, 0.717) is 11.3 Å². The number of anilines is 1. The van der Waals surface area contributed by atoms with Crippen molar-refractivity contribution in [2.24, 2.45) is 0 Å². The van der Waals surface area contributed by atoms with E-state index in [-0.39, 0.29) is 11.9 Å². The largest absolute Gasteiger partial charge is 0.347 e. The Hall–Kier alpha value is -3.15. The van der Waals surface area contributed by atoms with Gasteiger partial charge >= 0.3 is 0 Å². The Bertz CT molecular complexity index is 1110. The summed E-state index contributed by atoms with van der Waals surface area (Å²) in [6.07, 6.45) is 5.36. The molecule has 1 amide bonds. The normalized spacial score (nSPS) is 11.5. The lowest BCUT2D eigenvalue weighted by atomic mass is 10.1. The maximum atomic E-state index is 12.8. The lowest BCUT2D eigenvalue weighted by molar-refractivity contribution is 0.102. The van der Waals surface area contributed by atoms with Crippen molar-refractivity contribution in [2.75, 3.05) is 5.32 Å². The standard InChI is InChI=1S/C20H21N5O/c1-4-24-12-17(16-7-5-6-8-18(16)24)20(26)23-15-9-14-10-22-25(13(2)3)19(14)21-11-15/h5-13H,4H2,1-3H3,(H,23,26). The molecule has 6 nitrogen and oxygen atoms in total. The van der Waals surface area contributed by atoms with Crippen molar-refractivity contribution in [3.05, 3.63) is 54.5 Å². The summed E-state index contributed by atoms with van der Waals surface area (Å²) in [7, 11) is 0. The molecule has 4 aromatic rings. The molecule has 26 heavy (non-hydrogen) atoms. The number of para-hydroxylation sites is 1. The van der Waals surface area contributed by atoms with Crippen LogP contribution >= 0.6 is 0 Å². The summed E-state index contributed by atoms with van der Waals surface area (Å²) >= 11 is 0. The van der Waals surface area contributed by atoms with E-state index >= 15 is 0 Å². The van der Waals surface area contributed by atoms with Crippen LogP contribution in [0.1, 0.15) is 37.2 Å². The van der Waals surface area contributed by atoms with E-state index < -0.39 is 0 Å². The van der Waals surface area contributed by atoms with Crippen molar-refractivity contribution in [2.45, 2.75) is 33.4 Å². The van der Waals surface area contributed by atoms with Gasteiger partial charge in [0.15, 0.2) is 5.65 Å². The molecule has 0 aliphatic heterocycles. The molecule has 0 atom stereocenters. The first-order valence-electron chi connectivity index (χ1n) is 8.81. The van der Waals surface area contributed by atoms with Gasteiger partial charge in [0, 0.05) is 35.1 Å². The van der Waals surface area contributed by atoms with Crippen LogP contribution < -0.4 is 5.32 Å². The number of carbonyl (C=O) groups excluding carboxylic acids is 1. The van der Waals surface area contributed by atoms with E-state index in [9.17, 15) is 4.79 Å². The van der Waals surface area contributed by atoms with Gasteiger partial charge in [0.05, 0.1) is 23.6 Å². The van der Waals surface area contributed by atoms with Gasteiger partial charge in [-0.05, 0) is 32.9 Å². The topological polar surface area (TPSA) is 64.7 Å². The van der Waals surface area contributed by atoms with E-state index in [1.54, 1.807) is 12.4 Å². The molecular weight excluding hydrogens is 326 g/mol. The number of aromatic nitrogens is 4.